The SMILES string of the molecule is CCOC(=O)C1=C(CO)NC(=S)NC1c1cccc(O)c1. The van der Waals surface area contributed by atoms with Crippen LogP contribution in [0, 0.1) is 0 Å². The lowest BCUT2D eigenvalue weighted by Crippen LogP contribution is -2.46. The summed E-state index contributed by atoms with van der Waals surface area (Å²) in [6.07, 6.45) is 0. The van der Waals surface area contributed by atoms with E-state index in [1.54, 1.807) is 19.1 Å². The van der Waals surface area contributed by atoms with Crippen molar-refractivity contribution in [3.05, 3.63) is 41.1 Å². The molecule has 0 aliphatic carbocycles. The van der Waals surface area contributed by atoms with Crippen LogP contribution in [0.15, 0.2) is 35.5 Å². The fourth-order valence-electron chi connectivity index (χ4n) is 2.15. The molecule has 112 valence electrons. The lowest BCUT2D eigenvalue weighted by Gasteiger charge is -2.30. The minimum Gasteiger partial charge on any atom is -0.508 e. The average Bonchev–Trinajstić information content (AvgIpc) is 2.46. The molecule has 6 nitrogen and oxygen atoms in total. The molecule has 2 rings (SSSR count). The van der Waals surface area contributed by atoms with Crippen LogP contribution in [0.4, 0.5) is 0 Å². The van der Waals surface area contributed by atoms with E-state index in [4.69, 9.17) is 17.0 Å². The van der Waals surface area contributed by atoms with E-state index < -0.39 is 12.0 Å². The number of rotatable bonds is 4. The zero-order valence-corrected chi connectivity index (χ0v) is 12.2. The Morgan fingerprint density at radius 2 is 2.24 bits per heavy atom. The number of esters is 1. The third-order valence-electron chi connectivity index (χ3n) is 3.01. The van der Waals surface area contributed by atoms with Gasteiger partial charge in [-0.25, -0.2) is 4.79 Å². The van der Waals surface area contributed by atoms with E-state index in [0.29, 0.717) is 16.4 Å². The molecule has 0 aromatic heterocycles. The summed E-state index contributed by atoms with van der Waals surface area (Å²) in [5, 5.41) is 25.1. The Morgan fingerprint density at radius 1 is 1.48 bits per heavy atom. The first-order valence-electron chi connectivity index (χ1n) is 6.44. The van der Waals surface area contributed by atoms with Gasteiger partial charge in [-0.3, -0.25) is 0 Å². The van der Waals surface area contributed by atoms with Crippen molar-refractivity contribution in [1.29, 1.82) is 0 Å². The van der Waals surface area contributed by atoms with Crippen LogP contribution in [-0.4, -0.2) is 34.5 Å². The molecule has 0 saturated carbocycles. The van der Waals surface area contributed by atoms with Gasteiger partial charge in [0.15, 0.2) is 5.11 Å². The molecule has 21 heavy (non-hydrogen) atoms. The molecule has 1 aromatic rings. The first-order chi connectivity index (χ1) is 10.1. The average molecular weight is 308 g/mol. The summed E-state index contributed by atoms with van der Waals surface area (Å²) in [5.74, 6) is -0.468. The molecule has 0 spiro atoms. The molecule has 4 N–H and O–H groups in total. The maximum absolute atomic E-state index is 12.2. The van der Waals surface area contributed by atoms with Gasteiger partial charge in [0, 0.05) is 0 Å². The van der Waals surface area contributed by atoms with Crippen LogP contribution < -0.4 is 10.6 Å². The molecular weight excluding hydrogens is 292 g/mol. The second kappa shape index (κ2) is 6.55. The highest BCUT2D eigenvalue weighted by molar-refractivity contribution is 7.80. The summed E-state index contributed by atoms with van der Waals surface area (Å²) in [5.41, 5.74) is 1.19. The van der Waals surface area contributed by atoms with Crippen molar-refractivity contribution in [3.8, 4) is 5.75 Å². The van der Waals surface area contributed by atoms with Gasteiger partial charge in [-0.05, 0) is 36.8 Å². The Balaban J connectivity index is 2.49. The second-order valence-corrected chi connectivity index (χ2v) is 4.81. The molecule has 0 amide bonds. The van der Waals surface area contributed by atoms with Crippen LogP contribution in [0.3, 0.4) is 0 Å². The van der Waals surface area contributed by atoms with Gasteiger partial charge in [0.25, 0.3) is 0 Å². The molecule has 1 atom stereocenters. The lowest BCUT2D eigenvalue weighted by atomic mass is 9.95. The van der Waals surface area contributed by atoms with Gasteiger partial charge in [-0.15, -0.1) is 0 Å². The fraction of sp³-hybridized carbons (Fsp3) is 0.286. The third-order valence-corrected chi connectivity index (χ3v) is 3.23. The van der Waals surface area contributed by atoms with Crippen molar-refractivity contribution < 1.29 is 19.7 Å². The zero-order valence-electron chi connectivity index (χ0n) is 11.4. The molecule has 1 unspecified atom stereocenters. The van der Waals surface area contributed by atoms with Crippen molar-refractivity contribution in [2.45, 2.75) is 13.0 Å². The van der Waals surface area contributed by atoms with Crippen LogP contribution in [0.2, 0.25) is 0 Å². The van der Waals surface area contributed by atoms with E-state index >= 15 is 0 Å². The molecule has 1 heterocycles. The number of aromatic hydroxyl groups is 1. The Kier molecular flexibility index (Phi) is 4.77. The van der Waals surface area contributed by atoms with Crippen LogP contribution in [0.25, 0.3) is 0 Å². The second-order valence-electron chi connectivity index (χ2n) is 4.40. The van der Waals surface area contributed by atoms with Crippen molar-refractivity contribution in [2.24, 2.45) is 0 Å². The molecule has 0 bridgehead atoms. The predicted octanol–water partition coefficient (Wildman–Crippen LogP) is 0.720. The van der Waals surface area contributed by atoms with E-state index in [-0.39, 0.29) is 24.5 Å². The largest absolute Gasteiger partial charge is 0.508 e. The lowest BCUT2D eigenvalue weighted by molar-refractivity contribution is -0.139. The van der Waals surface area contributed by atoms with Crippen LogP contribution in [0.5, 0.6) is 5.75 Å². The highest BCUT2D eigenvalue weighted by Gasteiger charge is 2.32. The van der Waals surface area contributed by atoms with Crippen LogP contribution in [0.1, 0.15) is 18.5 Å². The van der Waals surface area contributed by atoms with Gasteiger partial charge < -0.3 is 25.6 Å². The molecule has 0 saturated heterocycles. The first-order valence-corrected chi connectivity index (χ1v) is 6.85. The molecular formula is C14H16N2O4S. The van der Waals surface area contributed by atoms with Crippen LogP contribution in [-0.2, 0) is 9.53 Å². The van der Waals surface area contributed by atoms with Crippen molar-refractivity contribution in [3.63, 3.8) is 0 Å². The Labute approximate surface area is 127 Å². The Bertz CT molecular complexity index is 600. The number of aliphatic hydroxyl groups excluding tert-OH is 1. The van der Waals surface area contributed by atoms with Gasteiger partial charge in [0.1, 0.15) is 5.75 Å². The van der Waals surface area contributed by atoms with E-state index in [9.17, 15) is 15.0 Å². The maximum atomic E-state index is 12.2. The molecule has 7 heteroatoms. The van der Waals surface area contributed by atoms with Gasteiger partial charge in [-0.2, -0.15) is 0 Å². The highest BCUT2D eigenvalue weighted by atomic mass is 32.1. The quantitative estimate of drug-likeness (QED) is 0.481. The number of hydrogen-bond acceptors (Lipinski definition) is 5. The number of ether oxygens (including phenoxy) is 1. The van der Waals surface area contributed by atoms with Crippen molar-refractivity contribution in [1.82, 2.24) is 10.6 Å². The van der Waals surface area contributed by atoms with Gasteiger partial charge in [0.2, 0.25) is 0 Å². The molecule has 0 radical (unpaired) electrons. The number of benzene rings is 1. The monoisotopic (exact) mass is 308 g/mol. The van der Waals surface area contributed by atoms with Gasteiger partial charge in [0.05, 0.1) is 30.5 Å². The number of hydrogen-bond donors (Lipinski definition) is 4. The summed E-state index contributed by atoms with van der Waals surface area (Å²) in [6.45, 7) is 1.55. The molecule has 0 fully saturated rings. The Hall–Kier alpha value is -2.12. The van der Waals surface area contributed by atoms with E-state index in [0.717, 1.165) is 0 Å². The summed E-state index contributed by atoms with van der Waals surface area (Å²) < 4.78 is 5.04. The van der Waals surface area contributed by atoms with Crippen molar-refractivity contribution >= 4 is 23.3 Å². The zero-order chi connectivity index (χ0) is 15.4. The number of phenolic OH excluding ortho intramolecular Hbond substituents is 1. The summed E-state index contributed by atoms with van der Waals surface area (Å²) >= 11 is 5.08. The molecule has 1 aliphatic rings. The first kappa shape index (κ1) is 15.3. The summed E-state index contributed by atoms with van der Waals surface area (Å²) in [6, 6.07) is 5.88. The number of nitrogens with one attached hydrogen (secondary N) is 2. The van der Waals surface area contributed by atoms with Gasteiger partial charge >= 0.3 is 5.97 Å². The highest BCUT2D eigenvalue weighted by Crippen LogP contribution is 2.29. The summed E-state index contributed by atoms with van der Waals surface area (Å²) in [7, 11) is 0. The number of carbonyl (C=O) groups excluding carboxylic acids is 1. The number of carbonyl (C=O) groups is 1. The topological polar surface area (TPSA) is 90.8 Å². The summed E-state index contributed by atoms with van der Waals surface area (Å²) in [4.78, 5) is 12.2. The standard InChI is InChI=1S/C14H16N2O4S/c1-2-20-13(19)11-10(7-17)15-14(21)16-12(11)8-4-3-5-9(18)6-8/h3-6,12,17-18H,2,7H2,1H3,(H2,15,16,21). The van der Waals surface area contributed by atoms with E-state index in [1.165, 1.54) is 12.1 Å². The predicted molar refractivity (Wildman–Crippen MR) is 80.5 cm³/mol. The van der Waals surface area contributed by atoms with E-state index in [1.807, 2.05) is 0 Å². The minimum absolute atomic E-state index is 0.0764. The maximum Gasteiger partial charge on any atom is 0.338 e. The number of aliphatic hydroxyl groups is 1. The number of phenols is 1. The van der Waals surface area contributed by atoms with Crippen molar-refractivity contribution in [2.75, 3.05) is 13.2 Å². The number of thiocarbonyl (C=S) groups is 1. The van der Waals surface area contributed by atoms with E-state index in [2.05, 4.69) is 10.6 Å². The molecule has 1 aliphatic heterocycles. The van der Waals surface area contributed by atoms with Gasteiger partial charge in [-0.1, -0.05) is 12.1 Å². The minimum atomic E-state index is -0.591. The smallest absolute Gasteiger partial charge is 0.338 e. The fourth-order valence-corrected chi connectivity index (χ4v) is 2.39. The normalized spacial score (nSPS) is 18.0. The Morgan fingerprint density at radius 3 is 2.86 bits per heavy atom. The third kappa shape index (κ3) is 3.32. The van der Waals surface area contributed by atoms with Crippen LogP contribution >= 0.6 is 12.2 Å². The molecule has 1 aromatic carbocycles.